The Morgan fingerprint density at radius 1 is 0.533 bits per heavy atom. The van der Waals surface area contributed by atoms with E-state index in [2.05, 4.69) is 45.1 Å². The van der Waals surface area contributed by atoms with Crippen LogP contribution in [-0.2, 0) is 42.8 Å². The molecule has 0 aromatic rings. The molecule has 2 rings (SSSR count). The van der Waals surface area contributed by atoms with E-state index in [0.29, 0.717) is 51.7 Å². The van der Waals surface area contributed by atoms with Gasteiger partial charge in [0.15, 0.2) is 11.0 Å². The van der Waals surface area contributed by atoms with Gasteiger partial charge in [0.05, 0.1) is 58.0 Å². The lowest BCUT2D eigenvalue weighted by atomic mass is 9.71. The number of aliphatic hydroxyl groups excluding tert-OH is 3. The highest BCUT2D eigenvalue weighted by atomic mass is 16.6. The fourth-order valence-corrected chi connectivity index (χ4v) is 10.7. The molecule has 2 fully saturated rings. The fourth-order valence-electron chi connectivity index (χ4n) is 10.7. The van der Waals surface area contributed by atoms with Gasteiger partial charge in [0.1, 0.15) is 13.2 Å². The van der Waals surface area contributed by atoms with Crippen LogP contribution in [0.3, 0.4) is 0 Å². The van der Waals surface area contributed by atoms with Gasteiger partial charge in [-0.3, -0.25) is 14.4 Å². The zero-order chi connectivity index (χ0) is 54.3. The summed E-state index contributed by atoms with van der Waals surface area (Å²) in [6.07, 6.45) is 46.8. The van der Waals surface area contributed by atoms with Crippen LogP contribution in [0.25, 0.3) is 0 Å². The number of allylic oxidation sites excluding steroid dienone is 2. The Bertz CT molecular complexity index is 1470. The number of carbonyl (C=O) groups is 3. The predicted octanol–water partition coefficient (Wildman–Crippen LogP) is 14.4. The number of hydrogen-bond donors (Lipinski definition) is 3. The van der Waals surface area contributed by atoms with Crippen LogP contribution < -0.4 is 0 Å². The minimum atomic E-state index is -1.56. The van der Waals surface area contributed by atoms with Gasteiger partial charge in [-0.2, -0.15) is 0 Å². The van der Waals surface area contributed by atoms with E-state index in [4.69, 9.17) is 28.4 Å². The molecule has 12 nitrogen and oxygen atoms in total. The van der Waals surface area contributed by atoms with Crippen molar-refractivity contribution in [2.45, 2.75) is 289 Å². The van der Waals surface area contributed by atoms with Crippen molar-refractivity contribution in [3.05, 3.63) is 36.0 Å². The van der Waals surface area contributed by atoms with Gasteiger partial charge in [-0.05, 0) is 108 Å². The molecule has 1 saturated heterocycles. The van der Waals surface area contributed by atoms with Crippen LogP contribution in [0, 0.1) is 5.41 Å². The quantitative estimate of drug-likeness (QED) is 0.0174. The second-order valence-electron chi connectivity index (χ2n) is 21.8. The van der Waals surface area contributed by atoms with E-state index < -0.39 is 23.0 Å². The van der Waals surface area contributed by atoms with E-state index in [1.165, 1.54) is 38.5 Å². The minimum absolute atomic E-state index is 0.0452. The molecule has 0 aromatic carbocycles. The van der Waals surface area contributed by atoms with Gasteiger partial charge in [-0.25, -0.2) is 0 Å². The first-order valence-corrected chi connectivity index (χ1v) is 31.0. The molecule has 3 atom stereocenters. The molecule has 436 valence electrons. The van der Waals surface area contributed by atoms with E-state index in [-0.39, 0.29) is 70.3 Å². The lowest BCUT2D eigenvalue weighted by Crippen LogP contribution is -2.53. The van der Waals surface area contributed by atoms with Gasteiger partial charge >= 0.3 is 17.9 Å². The second kappa shape index (κ2) is 46.3. The zero-order valence-electron chi connectivity index (χ0n) is 48.2. The number of hydrogen-bond acceptors (Lipinski definition) is 12. The van der Waals surface area contributed by atoms with Gasteiger partial charge in [0.25, 0.3) is 0 Å². The summed E-state index contributed by atoms with van der Waals surface area (Å²) >= 11 is 0. The van der Waals surface area contributed by atoms with Crippen LogP contribution in [-0.4, -0.2) is 110 Å². The lowest BCUT2D eigenvalue weighted by molar-refractivity contribution is -0.203. The third-order valence-corrected chi connectivity index (χ3v) is 15.2. The highest BCUT2D eigenvalue weighted by Crippen LogP contribution is 2.44. The van der Waals surface area contributed by atoms with Crippen LogP contribution in [0.5, 0.6) is 0 Å². The van der Waals surface area contributed by atoms with Crippen molar-refractivity contribution in [3.8, 4) is 0 Å². The van der Waals surface area contributed by atoms with E-state index in [9.17, 15) is 29.7 Å². The summed E-state index contributed by atoms with van der Waals surface area (Å²) in [5.74, 6) is -1.58. The van der Waals surface area contributed by atoms with E-state index >= 15 is 0 Å². The summed E-state index contributed by atoms with van der Waals surface area (Å²) in [6.45, 7) is 7.33. The number of ether oxygens (including phenoxy) is 6. The molecule has 3 unspecified atom stereocenters. The Labute approximate surface area is 457 Å². The summed E-state index contributed by atoms with van der Waals surface area (Å²) in [5, 5.41) is 28.1. The van der Waals surface area contributed by atoms with E-state index in [1.54, 1.807) is 0 Å². The van der Waals surface area contributed by atoms with Crippen molar-refractivity contribution in [1.29, 1.82) is 0 Å². The molecular weight excluding hydrogens is 949 g/mol. The predicted molar refractivity (Wildman–Crippen MR) is 302 cm³/mol. The average molecular weight is 1060 g/mol. The Morgan fingerprint density at radius 2 is 0.973 bits per heavy atom. The molecule has 1 aliphatic carbocycles. The van der Waals surface area contributed by atoms with Gasteiger partial charge in [0, 0.05) is 6.42 Å². The Kier molecular flexibility index (Phi) is 42.3. The molecule has 1 saturated carbocycles. The Hall–Kier alpha value is -2.61. The molecule has 0 aromatic heterocycles. The molecule has 2 aliphatic rings. The standard InChI is InChI=1S/C63H112O12/c1-4-7-10-28-37-56(70-50-47-64)39-31-21-17-13-14-19-23-33-42-59(67)75-62(45-34-25-20-16-15-18-22-32-40-57(71-51-48-65)38-29-11-8-5-2)53-73-60(68)63(61(69)74-54-62)46-35-26-24-27-36-55(63)43-44-58(72-52-49-66)41-30-12-9-6-3/h21-22,31-32,43,56-58,64-66H,4-20,23-30,33-42,44-54H2,1-3H3/b31-21-,32-22-,55-43-. The molecule has 1 spiro atoms. The number of unbranched alkanes of at least 4 members (excludes halogenated alkanes) is 19. The van der Waals surface area contributed by atoms with Crippen molar-refractivity contribution in [3.63, 3.8) is 0 Å². The molecule has 3 N–H and O–H groups in total. The van der Waals surface area contributed by atoms with Crippen molar-refractivity contribution in [2.24, 2.45) is 5.41 Å². The number of esters is 3. The van der Waals surface area contributed by atoms with Crippen molar-refractivity contribution in [1.82, 2.24) is 0 Å². The SMILES string of the molecule is CCCCCCC(C/C=C\CCCCCCCC(=O)OC1(CCCCCCC/C=C\CC(CCCCCC)OCCO)COC(=O)C2(CCCCCC/C2=C/CC(CCCCCC)OCCO)C(=O)OC1)OCCO. The van der Waals surface area contributed by atoms with Crippen LogP contribution in [0.15, 0.2) is 36.0 Å². The molecule has 1 heterocycles. The van der Waals surface area contributed by atoms with Gasteiger partial charge in [-0.15, -0.1) is 0 Å². The first-order valence-electron chi connectivity index (χ1n) is 31.0. The smallest absolute Gasteiger partial charge is 0.327 e. The van der Waals surface area contributed by atoms with E-state index in [0.717, 1.165) is 166 Å². The molecular formula is C63H112O12. The first-order chi connectivity index (χ1) is 36.7. The van der Waals surface area contributed by atoms with Gasteiger partial charge < -0.3 is 43.7 Å². The third-order valence-electron chi connectivity index (χ3n) is 15.2. The maximum atomic E-state index is 14.6. The van der Waals surface area contributed by atoms with Crippen LogP contribution in [0.1, 0.15) is 265 Å². The topological polar surface area (TPSA) is 167 Å². The summed E-state index contributed by atoms with van der Waals surface area (Å²) in [4.78, 5) is 42.9. The Morgan fingerprint density at radius 3 is 1.47 bits per heavy atom. The molecule has 0 bridgehead atoms. The highest BCUT2D eigenvalue weighted by Gasteiger charge is 2.55. The summed E-state index contributed by atoms with van der Waals surface area (Å²) in [7, 11) is 0. The van der Waals surface area contributed by atoms with Gasteiger partial charge in [-0.1, -0.05) is 186 Å². The maximum absolute atomic E-state index is 14.6. The molecule has 12 heteroatoms. The lowest BCUT2D eigenvalue weighted by Gasteiger charge is -2.40. The molecule has 0 radical (unpaired) electrons. The summed E-state index contributed by atoms with van der Waals surface area (Å²) in [6, 6.07) is 0. The third kappa shape index (κ3) is 31.5. The molecule has 1 aliphatic heterocycles. The van der Waals surface area contributed by atoms with Crippen molar-refractivity contribution in [2.75, 3.05) is 52.9 Å². The number of aliphatic hydroxyl groups is 3. The summed E-state index contributed by atoms with van der Waals surface area (Å²) in [5.41, 5.74) is -2.09. The normalized spacial score (nSPS) is 20.5. The Balaban J connectivity index is 2.09. The number of cyclic esters (lactones) is 2. The summed E-state index contributed by atoms with van der Waals surface area (Å²) < 4.78 is 36.7. The van der Waals surface area contributed by atoms with Gasteiger partial charge in [0.2, 0.25) is 0 Å². The van der Waals surface area contributed by atoms with E-state index in [1.807, 2.05) is 6.08 Å². The first kappa shape index (κ1) is 68.5. The van der Waals surface area contributed by atoms with Crippen molar-refractivity contribution >= 4 is 17.9 Å². The average Bonchev–Trinajstić information content (AvgIpc) is 3.40. The zero-order valence-corrected chi connectivity index (χ0v) is 48.2. The minimum Gasteiger partial charge on any atom is -0.460 e. The largest absolute Gasteiger partial charge is 0.460 e. The van der Waals surface area contributed by atoms with Crippen LogP contribution in [0.4, 0.5) is 0 Å². The second-order valence-corrected chi connectivity index (χ2v) is 21.8. The van der Waals surface area contributed by atoms with Crippen molar-refractivity contribution < 1.29 is 58.1 Å². The maximum Gasteiger partial charge on any atom is 0.327 e. The number of rotatable bonds is 47. The van der Waals surface area contributed by atoms with Crippen LogP contribution >= 0.6 is 0 Å². The monoisotopic (exact) mass is 1060 g/mol. The molecule has 75 heavy (non-hydrogen) atoms. The van der Waals surface area contributed by atoms with Crippen LogP contribution in [0.2, 0.25) is 0 Å². The number of carbonyl (C=O) groups excluding carboxylic acids is 3. The molecule has 0 amide bonds. The highest BCUT2D eigenvalue weighted by molar-refractivity contribution is 6.03. The fraction of sp³-hybridized carbons (Fsp3) is 0.857.